The maximum Gasteiger partial charge on any atom is 0.223 e. The molecular formula is C20H25N5O. The SMILES string of the molecule is O=C(CCCCCn1cccc1)N1CCC[C@@H]1c1nnc2ccccn12. The molecule has 0 aliphatic carbocycles. The molecule has 4 rings (SSSR count). The van der Waals surface area contributed by atoms with Crippen LogP contribution in [0.4, 0.5) is 0 Å². The molecule has 0 N–H and O–H groups in total. The van der Waals surface area contributed by atoms with E-state index in [2.05, 4.69) is 27.2 Å². The molecule has 3 aromatic rings. The molecule has 136 valence electrons. The Kier molecular flexibility index (Phi) is 5.00. The summed E-state index contributed by atoms with van der Waals surface area (Å²) >= 11 is 0. The molecule has 6 heteroatoms. The zero-order valence-corrected chi connectivity index (χ0v) is 15.0. The van der Waals surface area contributed by atoms with Crippen LogP contribution in [0, 0.1) is 0 Å². The first kappa shape index (κ1) is 16.8. The summed E-state index contributed by atoms with van der Waals surface area (Å²) in [7, 11) is 0. The van der Waals surface area contributed by atoms with Crippen molar-refractivity contribution in [2.45, 2.75) is 51.1 Å². The van der Waals surface area contributed by atoms with Gasteiger partial charge in [0.25, 0.3) is 0 Å². The van der Waals surface area contributed by atoms with Crippen molar-refractivity contribution in [1.82, 2.24) is 24.1 Å². The lowest BCUT2D eigenvalue weighted by Gasteiger charge is -2.23. The van der Waals surface area contributed by atoms with Gasteiger partial charge in [-0.25, -0.2) is 0 Å². The third-order valence-corrected chi connectivity index (χ3v) is 5.18. The van der Waals surface area contributed by atoms with Crippen LogP contribution in [0.15, 0.2) is 48.9 Å². The van der Waals surface area contributed by atoms with Crippen molar-refractivity contribution >= 4 is 11.6 Å². The van der Waals surface area contributed by atoms with Gasteiger partial charge in [0, 0.05) is 38.1 Å². The molecule has 0 aromatic carbocycles. The first-order chi connectivity index (χ1) is 12.8. The van der Waals surface area contributed by atoms with Crippen LogP contribution in [0.2, 0.25) is 0 Å². The van der Waals surface area contributed by atoms with Crippen LogP contribution in [-0.4, -0.2) is 36.5 Å². The number of hydrogen-bond donors (Lipinski definition) is 0. The quantitative estimate of drug-likeness (QED) is 0.613. The summed E-state index contributed by atoms with van der Waals surface area (Å²) in [4.78, 5) is 14.8. The smallest absolute Gasteiger partial charge is 0.223 e. The van der Waals surface area contributed by atoms with E-state index >= 15 is 0 Å². The highest BCUT2D eigenvalue weighted by Crippen LogP contribution is 2.31. The van der Waals surface area contributed by atoms with Crippen LogP contribution in [0.1, 0.15) is 50.4 Å². The zero-order chi connectivity index (χ0) is 17.8. The van der Waals surface area contributed by atoms with Crippen LogP contribution in [0.3, 0.4) is 0 Å². The highest BCUT2D eigenvalue weighted by atomic mass is 16.2. The molecule has 0 unspecified atom stereocenters. The van der Waals surface area contributed by atoms with Crippen LogP contribution in [0.5, 0.6) is 0 Å². The van der Waals surface area contributed by atoms with Crippen LogP contribution < -0.4 is 0 Å². The van der Waals surface area contributed by atoms with Gasteiger partial charge in [0.15, 0.2) is 11.5 Å². The van der Waals surface area contributed by atoms with E-state index in [-0.39, 0.29) is 11.9 Å². The summed E-state index contributed by atoms with van der Waals surface area (Å²) in [6.07, 6.45) is 11.9. The topological polar surface area (TPSA) is 55.4 Å². The summed E-state index contributed by atoms with van der Waals surface area (Å²) in [5.41, 5.74) is 0.840. The van der Waals surface area contributed by atoms with Crippen molar-refractivity contribution in [3.8, 4) is 0 Å². The molecule has 4 heterocycles. The average molecular weight is 351 g/mol. The number of aryl methyl sites for hydroxylation is 1. The molecule has 26 heavy (non-hydrogen) atoms. The second kappa shape index (κ2) is 7.72. The number of pyridine rings is 1. The Labute approximate surface area is 153 Å². The van der Waals surface area contributed by atoms with Crippen molar-refractivity contribution in [3.63, 3.8) is 0 Å². The number of unbranched alkanes of at least 4 members (excludes halogenated alkanes) is 2. The Morgan fingerprint density at radius 1 is 1.04 bits per heavy atom. The van der Waals surface area contributed by atoms with Gasteiger partial charge in [-0.2, -0.15) is 0 Å². The number of carbonyl (C=O) groups is 1. The molecule has 0 saturated carbocycles. The Balaban J connectivity index is 1.32. The standard InChI is InChI=1S/C20H25N5O/c26-19(11-2-1-4-12-23-13-6-7-14-23)24-16-8-9-17(24)20-22-21-18-10-3-5-15-25(18)20/h3,5-7,10,13-15,17H,1-2,4,8-9,11-12,16H2/t17-/m1/s1. The van der Waals surface area contributed by atoms with Crippen molar-refractivity contribution in [3.05, 3.63) is 54.7 Å². The lowest BCUT2D eigenvalue weighted by molar-refractivity contribution is -0.132. The van der Waals surface area contributed by atoms with E-state index in [0.29, 0.717) is 6.42 Å². The maximum absolute atomic E-state index is 12.7. The van der Waals surface area contributed by atoms with Gasteiger partial charge in [-0.1, -0.05) is 12.5 Å². The summed E-state index contributed by atoms with van der Waals surface area (Å²) in [5, 5.41) is 8.61. The lowest BCUT2D eigenvalue weighted by atomic mass is 10.1. The van der Waals surface area contributed by atoms with Gasteiger partial charge < -0.3 is 9.47 Å². The first-order valence-electron chi connectivity index (χ1n) is 9.53. The number of carbonyl (C=O) groups excluding carboxylic acids is 1. The summed E-state index contributed by atoms with van der Waals surface area (Å²) in [5.74, 6) is 1.14. The number of hydrogen-bond acceptors (Lipinski definition) is 3. The van der Waals surface area contributed by atoms with Gasteiger partial charge in [-0.3, -0.25) is 9.20 Å². The molecular weight excluding hydrogens is 326 g/mol. The molecule has 1 fully saturated rings. The van der Waals surface area contributed by atoms with Crippen LogP contribution >= 0.6 is 0 Å². The van der Waals surface area contributed by atoms with Gasteiger partial charge in [-0.05, 0) is 49.9 Å². The molecule has 0 spiro atoms. The van der Waals surface area contributed by atoms with E-state index < -0.39 is 0 Å². The Morgan fingerprint density at radius 2 is 1.88 bits per heavy atom. The summed E-state index contributed by atoms with van der Waals surface area (Å²) < 4.78 is 4.20. The zero-order valence-electron chi connectivity index (χ0n) is 15.0. The van der Waals surface area contributed by atoms with Gasteiger partial charge in [0.2, 0.25) is 5.91 Å². The average Bonchev–Trinajstić information content (AvgIpc) is 3.40. The minimum Gasteiger partial charge on any atom is -0.354 e. The summed E-state index contributed by atoms with van der Waals surface area (Å²) in [6, 6.07) is 10.0. The first-order valence-corrected chi connectivity index (χ1v) is 9.53. The molecule has 1 saturated heterocycles. The van der Waals surface area contributed by atoms with E-state index in [1.165, 1.54) is 0 Å². The molecule has 3 aromatic heterocycles. The fourth-order valence-corrected chi connectivity index (χ4v) is 3.83. The monoisotopic (exact) mass is 351 g/mol. The number of fused-ring (bicyclic) bond motifs is 1. The number of rotatable bonds is 7. The Hall–Kier alpha value is -2.63. The molecule has 0 radical (unpaired) electrons. The van der Waals surface area contributed by atoms with Crippen molar-refractivity contribution in [2.24, 2.45) is 0 Å². The minimum absolute atomic E-state index is 0.0553. The van der Waals surface area contributed by atoms with Crippen molar-refractivity contribution < 1.29 is 4.79 Å². The van der Waals surface area contributed by atoms with Gasteiger partial charge >= 0.3 is 0 Å². The number of amides is 1. The fourth-order valence-electron chi connectivity index (χ4n) is 3.83. The minimum atomic E-state index is 0.0553. The Bertz CT molecular complexity index is 854. The fraction of sp³-hybridized carbons (Fsp3) is 0.450. The van der Waals surface area contributed by atoms with E-state index in [4.69, 9.17) is 0 Å². The summed E-state index contributed by atoms with van der Waals surface area (Å²) in [6.45, 7) is 1.86. The molecule has 6 nitrogen and oxygen atoms in total. The Morgan fingerprint density at radius 3 is 2.77 bits per heavy atom. The highest BCUT2D eigenvalue weighted by molar-refractivity contribution is 5.76. The predicted octanol–water partition coefficient (Wildman–Crippen LogP) is 3.45. The normalized spacial score (nSPS) is 17.2. The van der Waals surface area contributed by atoms with E-state index in [1.54, 1.807) is 0 Å². The van der Waals surface area contributed by atoms with Crippen LogP contribution in [0.25, 0.3) is 5.65 Å². The molecule has 1 aliphatic heterocycles. The number of nitrogens with zero attached hydrogens (tertiary/aromatic N) is 5. The third kappa shape index (κ3) is 3.49. The van der Waals surface area contributed by atoms with Gasteiger partial charge in [0.05, 0.1) is 6.04 Å². The molecule has 0 bridgehead atoms. The maximum atomic E-state index is 12.7. The van der Waals surface area contributed by atoms with E-state index in [0.717, 1.165) is 56.7 Å². The van der Waals surface area contributed by atoms with E-state index in [9.17, 15) is 4.79 Å². The molecule has 1 aliphatic rings. The van der Waals surface area contributed by atoms with Crippen LogP contribution in [-0.2, 0) is 11.3 Å². The highest BCUT2D eigenvalue weighted by Gasteiger charge is 2.32. The largest absolute Gasteiger partial charge is 0.354 e. The number of likely N-dealkylation sites (tertiary alicyclic amines) is 1. The second-order valence-corrected chi connectivity index (χ2v) is 6.96. The van der Waals surface area contributed by atoms with Gasteiger partial charge in [0.1, 0.15) is 0 Å². The second-order valence-electron chi connectivity index (χ2n) is 6.96. The number of aromatic nitrogens is 4. The van der Waals surface area contributed by atoms with Crippen molar-refractivity contribution in [1.29, 1.82) is 0 Å². The third-order valence-electron chi connectivity index (χ3n) is 5.18. The molecule has 1 amide bonds. The van der Waals surface area contributed by atoms with Crippen molar-refractivity contribution in [2.75, 3.05) is 6.54 Å². The van der Waals surface area contributed by atoms with E-state index in [1.807, 2.05) is 45.8 Å². The molecule has 1 atom stereocenters. The lowest BCUT2D eigenvalue weighted by Crippen LogP contribution is -2.31. The predicted molar refractivity (Wildman–Crippen MR) is 99.6 cm³/mol. The van der Waals surface area contributed by atoms with Gasteiger partial charge in [-0.15, -0.1) is 10.2 Å².